The first-order chi connectivity index (χ1) is 8.47. The van der Waals surface area contributed by atoms with E-state index in [2.05, 4.69) is 21.2 Å². The first kappa shape index (κ1) is 13.3. The molecule has 1 aromatic heterocycles. The van der Waals surface area contributed by atoms with Crippen molar-refractivity contribution in [2.45, 2.75) is 20.8 Å². The minimum Gasteiger partial charge on any atom is -0.321 e. The van der Waals surface area contributed by atoms with E-state index in [1.165, 1.54) is 11.3 Å². The van der Waals surface area contributed by atoms with Gasteiger partial charge in [0.1, 0.15) is 0 Å². The highest BCUT2D eigenvalue weighted by atomic mass is 79.9. The molecule has 1 aromatic carbocycles. The predicted octanol–water partition coefficient (Wildman–Crippen LogP) is 4.69. The summed E-state index contributed by atoms with van der Waals surface area (Å²) in [6.45, 7) is 6.03. The molecule has 94 valence electrons. The monoisotopic (exact) mass is 323 g/mol. The Kier molecular flexibility index (Phi) is 3.88. The zero-order valence-electron chi connectivity index (χ0n) is 10.5. The lowest BCUT2D eigenvalue weighted by atomic mass is 10.1. The van der Waals surface area contributed by atoms with Gasteiger partial charge in [-0.25, -0.2) is 0 Å². The number of halogens is 1. The molecule has 0 aliphatic rings. The molecule has 0 aliphatic heterocycles. The SMILES string of the molecule is Cc1ccc(C(=O)Nc2cc(C)c(Br)c(C)c2)s1. The number of hydrogen-bond acceptors (Lipinski definition) is 2. The quantitative estimate of drug-likeness (QED) is 0.853. The van der Waals surface area contributed by atoms with Gasteiger partial charge < -0.3 is 5.32 Å². The van der Waals surface area contributed by atoms with Gasteiger partial charge in [-0.1, -0.05) is 15.9 Å². The van der Waals surface area contributed by atoms with E-state index in [9.17, 15) is 4.79 Å². The van der Waals surface area contributed by atoms with Gasteiger partial charge in [-0.2, -0.15) is 0 Å². The molecular formula is C14H14BrNOS. The van der Waals surface area contributed by atoms with Gasteiger partial charge in [0.15, 0.2) is 0 Å². The van der Waals surface area contributed by atoms with Crippen molar-refractivity contribution in [1.82, 2.24) is 0 Å². The molecule has 0 saturated heterocycles. The van der Waals surface area contributed by atoms with Crippen LogP contribution in [-0.2, 0) is 0 Å². The molecule has 0 unspecified atom stereocenters. The zero-order valence-corrected chi connectivity index (χ0v) is 12.9. The summed E-state index contributed by atoms with van der Waals surface area (Å²) in [5, 5.41) is 2.93. The van der Waals surface area contributed by atoms with Crippen LogP contribution in [0.3, 0.4) is 0 Å². The van der Waals surface area contributed by atoms with E-state index >= 15 is 0 Å². The summed E-state index contributed by atoms with van der Waals surface area (Å²) in [6, 6.07) is 7.75. The van der Waals surface area contributed by atoms with Crippen LogP contribution in [0.4, 0.5) is 5.69 Å². The molecule has 0 saturated carbocycles. The van der Waals surface area contributed by atoms with Crippen LogP contribution in [0.2, 0.25) is 0 Å². The summed E-state index contributed by atoms with van der Waals surface area (Å²) in [6.07, 6.45) is 0. The number of hydrogen-bond donors (Lipinski definition) is 1. The Hall–Kier alpha value is -1.13. The highest BCUT2D eigenvalue weighted by Gasteiger charge is 2.09. The minimum absolute atomic E-state index is 0.0470. The van der Waals surface area contributed by atoms with E-state index in [0.29, 0.717) is 0 Å². The summed E-state index contributed by atoms with van der Waals surface area (Å²) < 4.78 is 1.09. The van der Waals surface area contributed by atoms with Crippen molar-refractivity contribution < 1.29 is 4.79 Å². The molecule has 0 spiro atoms. The fourth-order valence-corrected chi connectivity index (χ4v) is 2.76. The molecule has 1 amide bonds. The second-order valence-electron chi connectivity index (χ2n) is 4.29. The van der Waals surface area contributed by atoms with Crippen LogP contribution < -0.4 is 5.32 Å². The molecule has 2 nitrogen and oxygen atoms in total. The zero-order chi connectivity index (χ0) is 13.3. The largest absolute Gasteiger partial charge is 0.321 e. The molecular weight excluding hydrogens is 310 g/mol. The van der Waals surface area contributed by atoms with E-state index in [0.717, 1.165) is 31.0 Å². The molecule has 1 N–H and O–H groups in total. The van der Waals surface area contributed by atoms with E-state index in [1.54, 1.807) is 0 Å². The van der Waals surface area contributed by atoms with Crippen molar-refractivity contribution in [3.8, 4) is 0 Å². The molecule has 0 aliphatic carbocycles. The summed E-state index contributed by atoms with van der Waals surface area (Å²) in [5.41, 5.74) is 3.07. The fourth-order valence-electron chi connectivity index (χ4n) is 1.77. The minimum atomic E-state index is -0.0470. The van der Waals surface area contributed by atoms with E-state index in [4.69, 9.17) is 0 Å². The van der Waals surface area contributed by atoms with Crippen LogP contribution in [0.5, 0.6) is 0 Å². The van der Waals surface area contributed by atoms with Crippen LogP contribution in [0, 0.1) is 20.8 Å². The molecule has 4 heteroatoms. The number of anilines is 1. The Balaban J connectivity index is 2.22. The fraction of sp³-hybridized carbons (Fsp3) is 0.214. The average molecular weight is 324 g/mol. The van der Waals surface area contributed by atoms with Gasteiger partial charge in [-0.05, 0) is 56.2 Å². The van der Waals surface area contributed by atoms with Crippen LogP contribution >= 0.6 is 27.3 Å². The number of benzene rings is 1. The van der Waals surface area contributed by atoms with Crippen LogP contribution in [0.15, 0.2) is 28.7 Å². The molecule has 0 bridgehead atoms. The van der Waals surface area contributed by atoms with Gasteiger partial charge >= 0.3 is 0 Å². The molecule has 0 radical (unpaired) electrons. The van der Waals surface area contributed by atoms with Crippen LogP contribution in [0.25, 0.3) is 0 Å². The van der Waals surface area contributed by atoms with Crippen LogP contribution in [-0.4, -0.2) is 5.91 Å². The summed E-state index contributed by atoms with van der Waals surface area (Å²) in [7, 11) is 0. The maximum absolute atomic E-state index is 12.0. The maximum atomic E-state index is 12.0. The van der Waals surface area contributed by atoms with Crippen molar-refractivity contribution in [3.63, 3.8) is 0 Å². The topological polar surface area (TPSA) is 29.1 Å². The Morgan fingerprint density at radius 3 is 2.28 bits per heavy atom. The molecule has 1 heterocycles. The summed E-state index contributed by atoms with van der Waals surface area (Å²) >= 11 is 5.02. The highest BCUT2D eigenvalue weighted by molar-refractivity contribution is 9.10. The summed E-state index contributed by atoms with van der Waals surface area (Å²) in [5.74, 6) is -0.0470. The van der Waals surface area contributed by atoms with Gasteiger partial charge in [0.2, 0.25) is 0 Å². The molecule has 2 aromatic rings. The van der Waals surface area contributed by atoms with Gasteiger partial charge in [0.25, 0.3) is 5.91 Å². The van der Waals surface area contributed by atoms with Gasteiger partial charge in [0, 0.05) is 15.0 Å². The second kappa shape index (κ2) is 5.24. The van der Waals surface area contributed by atoms with Gasteiger partial charge in [-0.15, -0.1) is 11.3 Å². The Bertz CT molecular complexity index is 581. The van der Waals surface area contributed by atoms with Crippen molar-refractivity contribution in [1.29, 1.82) is 0 Å². The molecule has 0 fully saturated rings. The Morgan fingerprint density at radius 1 is 1.17 bits per heavy atom. The van der Waals surface area contributed by atoms with E-state index in [-0.39, 0.29) is 5.91 Å². The van der Waals surface area contributed by atoms with Crippen molar-refractivity contribution in [3.05, 3.63) is 49.6 Å². The third-order valence-corrected chi connectivity index (χ3v) is 4.91. The van der Waals surface area contributed by atoms with Crippen molar-refractivity contribution in [2.24, 2.45) is 0 Å². The average Bonchev–Trinajstić information content (AvgIpc) is 2.72. The number of rotatable bonds is 2. The number of thiophene rings is 1. The van der Waals surface area contributed by atoms with Gasteiger partial charge in [-0.3, -0.25) is 4.79 Å². The number of amides is 1. The lowest BCUT2D eigenvalue weighted by Gasteiger charge is -2.08. The third-order valence-electron chi connectivity index (χ3n) is 2.66. The van der Waals surface area contributed by atoms with E-state index in [1.807, 2.05) is 45.0 Å². The number of carbonyl (C=O) groups excluding carboxylic acids is 1. The maximum Gasteiger partial charge on any atom is 0.265 e. The third kappa shape index (κ3) is 2.82. The first-order valence-electron chi connectivity index (χ1n) is 5.62. The number of carbonyl (C=O) groups is 1. The van der Waals surface area contributed by atoms with Crippen molar-refractivity contribution in [2.75, 3.05) is 5.32 Å². The van der Waals surface area contributed by atoms with Crippen molar-refractivity contribution >= 4 is 38.9 Å². The smallest absolute Gasteiger partial charge is 0.265 e. The number of nitrogens with one attached hydrogen (secondary N) is 1. The number of aryl methyl sites for hydroxylation is 3. The standard InChI is InChI=1S/C14H14BrNOS/c1-8-6-11(7-9(2)13(8)15)16-14(17)12-5-4-10(3)18-12/h4-7H,1-3H3,(H,16,17). The summed E-state index contributed by atoms with van der Waals surface area (Å²) in [4.78, 5) is 13.9. The lowest BCUT2D eigenvalue weighted by Crippen LogP contribution is -2.10. The predicted molar refractivity (Wildman–Crippen MR) is 80.6 cm³/mol. The molecule has 2 rings (SSSR count). The van der Waals surface area contributed by atoms with Crippen LogP contribution in [0.1, 0.15) is 25.7 Å². The Morgan fingerprint density at radius 2 is 1.78 bits per heavy atom. The highest BCUT2D eigenvalue weighted by Crippen LogP contribution is 2.25. The molecule has 0 atom stereocenters. The Labute approximate surface area is 119 Å². The molecule has 18 heavy (non-hydrogen) atoms. The van der Waals surface area contributed by atoms with Gasteiger partial charge in [0.05, 0.1) is 4.88 Å². The lowest BCUT2D eigenvalue weighted by molar-refractivity contribution is 0.103. The van der Waals surface area contributed by atoms with E-state index < -0.39 is 0 Å². The normalized spacial score (nSPS) is 10.4. The second-order valence-corrected chi connectivity index (χ2v) is 6.37. The first-order valence-corrected chi connectivity index (χ1v) is 7.23.